The molecule has 0 saturated heterocycles. The first-order chi connectivity index (χ1) is 15.7. The molecule has 0 fully saturated rings. The van der Waals surface area contributed by atoms with Crippen LogP contribution in [0.25, 0.3) is 0 Å². The van der Waals surface area contributed by atoms with Gasteiger partial charge in [-0.05, 0) is 25.0 Å². The number of hydrogen-bond donors (Lipinski definition) is 1. The molecule has 5 nitrogen and oxygen atoms in total. The Morgan fingerprint density at radius 1 is 0.909 bits per heavy atom. The Morgan fingerprint density at radius 2 is 1.52 bits per heavy atom. The Labute approximate surface area is 184 Å². The number of ketones is 1. The van der Waals surface area contributed by atoms with Gasteiger partial charge in [-0.2, -0.15) is 10.5 Å². The predicted molar refractivity (Wildman–Crippen MR) is 105 cm³/mol. The van der Waals surface area contributed by atoms with Gasteiger partial charge in [-0.1, -0.05) is 12.1 Å². The van der Waals surface area contributed by atoms with Crippen molar-refractivity contribution in [3.8, 4) is 12.1 Å². The van der Waals surface area contributed by atoms with Crippen LogP contribution in [0.15, 0.2) is 46.9 Å². The summed E-state index contributed by atoms with van der Waals surface area (Å²) in [5.74, 6) is -13.9. The van der Waals surface area contributed by atoms with Gasteiger partial charge in [0.15, 0.2) is 29.1 Å². The van der Waals surface area contributed by atoms with Crippen molar-refractivity contribution >= 4 is 11.5 Å². The normalized spacial score (nSPS) is 18.2. The number of benzene rings is 2. The number of nitriles is 2. The number of halogens is 5. The molecule has 0 saturated carbocycles. The monoisotopic (exact) mass is 456 g/mol. The molecule has 0 amide bonds. The van der Waals surface area contributed by atoms with Crippen LogP contribution in [0.4, 0.5) is 27.6 Å². The van der Waals surface area contributed by atoms with Crippen molar-refractivity contribution in [3.63, 3.8) is 0 Å². The SMILES string of the molecule is N#CC1=C(N)N(c2ccccc2C#N)C2=C(C(=O)CCC2)C1c1c(F)c(F)c(F)c(F)c1F. The summed E-state index contributed by atoms with van der Waals surface area (Å²) >= 11 is 0. The van der Waals surface area contributed by atoms with Gasteiger partial charge in [0.2, 0.25) is 5.82 Å². The summed E-state index contributed by atoms with van der Waals surface area (Å²) in [6, 6.07) is 9.77. The third kappa shape index (κ3) is 3.14. The summed E-state index contributed by atoms with van der Waals surface area (Å²) < 4.78 is 71.2. The number of allylic oxidation sites excluding steroid dienone is 3. The van der Waals surface area contributed by atoms with Gasteiger partial charge < -0.3 is 5.73 Å². The van der Waals surface area contributed by atoms with Gasteiger partial charge in [0, 0.05) is 23.3 Å². The van der Waals surface area contributed by atoms with Crippen LogP contribution >= 0.6 is 0 Å². The summed E-state index contributed by atoms with van der Waals surface area (Å²) in [5.41, 5.74) is 4.51. The molecule has 1 atom stereocenters. The van der Waals surface area contributed by atoms with Crippen molar-refractivity contribution in [1.29, 1.82) is 10.5 Å². The van der Waals surface area contributed by atoms with Crippen molar-refractivity contribution in [2.24, 2.45) is 5.73 Å². The summed E-state index contributed by atoms with van der Waals surface area (Å²) in [6.07, 6.45) is 0.422. The fourth-order valence-electron chi connectivity index (χ4n) is 4.29. The minimum atomic E-state index is -2.35. The van der Waals surface area contributed by atoms with E-state index in [0.29, 0.717) is 6.42 Å². The first kappa shape index (κ1) is 22.0. The second-order valence-electron chi connectivity index (χ2n) is 7.43. The summed E-state index contributed by atoms with van der Waals surface area (Å²) in [7, 11) is 0. The maximum Gasteiger partial charge on any atom is 0.200 e. The second-order valence-corrected chi connectivity index (χ2v) is 7.43. The van der Waals surface area contributed by atoms with Gasteiger partial charge in [-0.15, -0.1) is 0 Å². The first-order valence-corrected chi connectivity index (χ1v) is 9.71. The van der Waals surface area contributed by atoms with Crippen LogP contribution < -0.4 is 10.6 Å². The third-order valence-electron chi connectivity index (χ3n) is 5.71. The number of anilines is 1. The Hall–Kier alpha value is -4.18. The summed E-state index contributed by atoms with van der Waals surface area (Å²) in [5, 5.41) is 19.3. The van der Waals surface area contributed by atoms with E-state index >= 15 is 0 Å². The smallest absolute Gasteiger partial charge is 0.200 e. The zero-order valence-electron chi connectivity index (χ0n) is 16.7. The lowest BCUT2D eigenvalue weighted by Gasteiger charge is -2.40. The van der Waals surface area contributed by atoms with Crippen molar-refractivity contribution in [2.45, 2.75) is 25.2 Å². The molecule has 0 spiro atoms. The zero-order chi connectivity index (χ0) is 24.0. The van der Waals surface area contributed by atoms with Crippen LogP contribution in [0, 0.1) is 51.7 Å². The van der Waals surface area contributed by atoms with Gasteiger partial charge in [0.25, 0.3) is 0 Å². The molecular formula is C23H13F5N4O. The van der Waals surface area contributed by atoms with Gasteiger partial charge in [0.05, 0.1) is 28.8 Å². The van der Waals surface area contributed by atoms with E-state index in [1.807, 2.05) is 6.07 Å². The average Bonchev–Trinajstić information content (AvgIpc) is 2.82. The number of para-hydroxylation sites is 1. The van der Waals surface area contributed by atoms with Gasteiger partial charge in [0.1, 0.15) is 11.9 Å². The molecule has 1 aliphatic carbocycles. The van der Waals surface area contributed by atoms with E-state index < -0.39 is 51.9 Å². The topological polar surface area (TPSA) is 93.9 Å². The lowest BCUT2D eigenvalue weighted by molar-refractivity contribution is -0.116. The number of carbonyl (C=O) groups excluding carboxylic acids is 1. The molecular weight excluding hydrogens is 443 g/mol. The van der Waals surface area contributed by atoms with Crippen molar-refractivity contribution in [1.82, 2.24) is 0 Å². The zero-order valence-corrected chi connectivity index (χ0v) is 16.7. The highest BCUT2D eigenvalue weighted by Crippen LogP contribution is 2.48. The van der Waals surface area contributed by atoms with Crippen LogP contribution in [-0.2, 0) is 4.79 Å². The van der Waals surface area contributed by atoms with Crippen LogP contribution in [0.2, 0.25) is 0 Å². The molecule has 0 aromatic heterocycles. The van der Waals surface area contributed by atoms with E-state index in [4.69, 9.17) is 5.73 Å². The van der Waals surface area contributed by atoms with Gasteiger partial charge in [-0.25, -0.2) is 22.0 Å². The lowest BCUT2D eigenvalue weighted by Crippen LogP contribution is -2.39. The minimum absolute atomic E-state index is 0.0585. The number of Topliss-reactive ketones (excluding diaryl/α,β-unsaturated/α-hetero) is 1. The van der Waals surface area contributed by atoms with E-state index in [9.17, 15) is 37.3 Å². The fraction of sp³-hybridized carbons (Fsp3) is 0.174. The van der Waals surface area contributed by atoms with Crippen LogP contribution in [0.1, 0.15) is 36.3 Å². The van der Waals surface area contributed by atoms with Crippen molar-refractivity contribution in [3.05, 3.63) is 87.1 Å². The van der Waals surface area contributed by atoms with E-state index in [-0.39, 0.29) is 41.2 Å². The van der Waals surface area contributed by atoms with E-state index in [0.717, 1.165) is 0 Å². The Balaban J connectivity index is 2.10. The number of nitrogens with two attached hydrogens (primary N) is 1. The van der Waals surface area contributed by atoms with E-state index in [2.05, 4.69) is 0 Å². The standard InChI is InChI=1S/C23H13F5N4O/c24-18-17(19(25)21(27)22(28)20(18)26)15-11(9-30)23(31)32(12-5-2-1-4-10(12)8-29)13-6-3-7-14(33)16(13)15/h1-2,4-5,15H,3,6-7,31H2. The number of nitrogens with zero attached hydrogens (tertiary/aromatic N) is 3. The number of rotatable bonds is 2. The average molecular weight is 456 g/mol. The summed E-state index contributed by atoms with van der Waals surface area (Å²) in [4.78, 5) is 14.2. The minimum Gasteiger partial charge on any atom is -0.384 e. The summed E-state index contributed by atoms with van der Waals surface area (Å²) in [6.45, 7) is 0. The van der Waals surface area contributed by atoms with E-state index in [1.165, 1.54) is 17.0 Å². The molecule has 10 heteroatoms. The van der Waals surface area contributed by atoms with Crippen LogP contribution in [0.5, 0.6) is 0 Å². The molecule has 1 unspecified atom stereocenters. The predicted octanol–water partition coefficient (Wildman–Crippen LogP) is 4.56. The quantitative estimate of drug-likeness (QED) is 0.406. The molecule has 166 valence electrons. The van der Waals surface area contributed by atoms with Gasteiger partial charge in [-0.3, -0.25) is 9.69 Å². The lowest BCUT2D eigenvalue weighted by atomic mass is 9.75. The fourth-order valence-corrected chi connectivity index (χ4v) is 4.29. The maximum absolute atomic E-state index is 14.8. The van der Waals surface area contributed by atoms with Crippen LogP contribution in [0.3, 0.4) is 0 Å². The Kier molecular flexibility index (Phi) is 5.38. The molecule has 0 bridgehead atoms. The Morgan fingerprint density at radius 3 is 2.12 bits per heavy atom. The van der Waals surface area contributed by atoms with Gasteiger partial charge >= 0.3 is 0 Å². The largest absolute Gasteiger partial charge is 0.384 e. The van der Waals surface area contributed by atoms with Crippen molar-refractivity contribution < 1.29 is 26.7 Å². The van der Waals surface area contributed by atoms with E-state index in [1.54, 1.807) is 18.2 Å². The highest BCUT2D eigenvalue weighted by molar-refractivity contribution is 6.01. The van der Waals surface area contributed by atoms with Crippen LogP contribution in [-0.4, -0.2) is 5.78 Å². The first-order valence-electron chi connectivity index (χ1n) is 9.71. The molecule has 2 aromatic carbocycles. The number of carbonyl (C=O) groups is 1. The molecule has 1 aliphatic heterocycles. The molecule has 0 radical (unpaired) electrons. The molecule has 2 N–H and O–H groups in total. The second kappa shape index (κ2) is 8.06. The maximum atomic E-state index is 14.8. The van der Waals surface area contributed by atoms with Crippen molar-refractivity contribution in [2.75, 3.05) is 4.90 Å². The molecule has 33 heavy (non-hydrogen) atoms. The molecule has 2 aliphatic rings. The molecule has 2 aromatic rings. The Bertz CT molecular complexity index is 1340. The highest BCUT2D eigenvalue weighted by atomic mass is 19.2. The number of hydrogen-bond acceptors (Lipinski definition) is 5. The third-order valence-corrected chi connectivity index (χ3v) is 5.71. The molecule has 4 rings (SSSR count). The molecule has 1 heterocycles. The highest BCUT2D eigenvalue weighted by Gasteiger charge is 2.44.